The highest BCUT2D eigenvalue weighted by Crippen LogP contribution is 2.33. The fraction of sp³-hybridized carbons (Fsp3) is 0.538. The molecule has 0 aliphatic carbocycles. The van der Waals surface area contributed by atoms with Crippen LogP contribution in [0.4, 0.5) is 5.82 Å². The topological polar surface area (TPSA) is 60.2 Å². The van der Waals surface area contributed by atoms with Crippen LogP contribution >= 0.6 is 0 Å². The van der Waals surface area contributed by atoms with Gasteiger partial charge in [0.1, 0.15) is 17.5 Å². The van der Waals surface area contributed by atoms with Gasteiger partial charge in [-0.05, 0) is 25.0 Å². The molecule has 1 aromatic rings. The molecule has 90 valence electrons. The summed E-state index contributed by atoms with van der Waals surface area (Å²) in [5.41, 5.74) is 0.818. The molecule has 1 aliphatic heterocycles. The molecule has 0 saturated carbocycles. The zero-order valence-electron chi connectivity index (χ0n) is 10.4. The predicted octanol–water partition coefficient (Wildman–Crippen LogP) is 1.47. The molecule has 0 spiro atoms. The Morgan fingerprint density at radius 3 is 2.65 bits per heavy atom. The van der Waals surface area contributed by atoms with Crippen molar-refractivity contribution in [2.75, 3.05) is 18.0 Å². The fourth-order valence-electron chi connectivity index (χ4n) is 2.00. The van der Waals surface area contributed by atoms with E-state index in [1.54, 1.807) is 6.07 Å². The van der Waals surface area contributed by atoms with Crippen LogP contribution in [0.15, 0.2) is 12.1 Å². The minimum atomic E-state index is -0.641. The lowest BCUT2D eigenvalue weighted by atomic mass is 9.83. The standard InChI is InChI=1S/C13H17N3O/c1-9(2)13(17)7-16(8-13)12-11(6-14)5-4-10(3)15-12/h4-5,9,17H,7-8H2,1-3H3. The van der Waals surface area contributed by atoms with Crippen molar-refractivity contribution in [1.82, 2.24) is 4.98 Å². The van der Waals surface area contributed by atoms with E-state index in [2.05, 4.69) is 11.1 Å². The molecule has 0 atom stereocenters. The number of hydrogen-bond donors (Lipinski definition) is 1. The van der Waals surface area contributed by atoms with Crippen LogP contribution in [-0.4, -0.2) is 28.8 Å². The van der Waals surface area contributed by atoms with E-state index >= 15 is 0 Å². The number of hydrogen-bond acceptors (Lipinski definition) is 4. The summed E-state index contributed by atoms with van der Waals surface area (Å²) >= 11 is 0. The number of nitrogens with zero attached hydrogens (tertiary/aromatic N) is 3. The van der Waals surface area contributed by atoms with E-state index in [0.717, 1.165) is 5.69 Å². The summed E-state index contributed by atoms with van der Waals surface area (Å²) in [6.07, 6.45) is 0. The summed E-state index contributed by atoms with van der Waals surface area (Å²) in [6, 6.07) is 5.75. The summed E-state index contributed by atoms with van der Waals surface area (Å²) in [5, 5.41) is 19.2. The van der Waals surface area contributed by atoms with Crippen molar-refractivity contribution in [1.29, 1.82) is 5.26 Å². The molecule has 0 radical (unpaired) electrons. The zero-order chi connectivity index (χ0) is 12.6. The smallest absolute Gasteiger partial charge is 0.147 e. The molecule has 1 aliphatic rings. The van der Waals surface area contributed by atoms with Crippen molar-refractivity contribution in [3.8, 4) is 6.07 Å². The molecule has 0 amide bonds. The summed E-state index contributed by atoms with van der Waals surface area (Å²) in [4.78, 5) is 6.35. The summed E-state index contributed by atoms with van der Waals surface area (Å²) < 4.78 is 0. The normalized spacial score (nSPS) is 17.8. The summed E-state index contributed by atoms with van der Waals surface area (Å²) in [5.74, 6) is 0.909. The highest BCUT2D eigenvalue weighted by atomic mass is 16.3. The molecule has 1 saturated heterocycles. The molecule has 1 aromatic heterocycles. The van der Waals surface area contributed by atoms with Gasteiger partial charge in [0.05, 0.1) is 18.7 Å². The third-order valence-electron chi connectivity index (χ3n) is 3.44. The van der Waals surface area contributed by atoms with Gasteiger partial charge < -0.3 is 10.0 Å². The Hall–Kier alpha value is -1.60. The first-order chi connectivity index (χ1) is 7.96. The third kappa shape index (κ3) is 1.98. The summed E-state index contributed by atoms with van der Waals surface area (Å²) in [7, 11) is 0. The zero-order valence-corrected chi connectivity index (χ0v) is 10.4. The van der Waals surface area contributed by atoms with Crippen molar-refractivity contribution >= 4 is 5.82 Å². The number of aromatic nitrogens is 1. The molecule has 0 unspecified atom stereocenters. The molecule has 2 heterocycles. The van der Waals surface area contributed by atoms with Crippen LogP contribution < -0.4 is 4.90 Å². The highest BCUT2D eigenvalue weighted by molar-refractivity contribution is 5.57. The lowest BCUT2D eigenvalue weighted by Crippen LogP contribution is -2.65. The number of rotatable bonds is 2. The van der Waals surface area contributed by atoms with E-state index in [1.807, 2.05) is 31.7 Å². The maximum Gasteiger partial charge on any atom is 0.147 e. The molecule has 2 rings (SSSR count). The van der Waals surface area contributed by atoms with Gasteiger partial charge in [-0.3, -0.25) is 0 Å². The van der Waals surface area contributed by atoms with Crippen LogP contribution in [-0.2, 0) is 0 Å². The van der Waals surface area contributed by atoms with E-state index in [0.29, 0.717) is 24.5 Å². The van der Waals surface area contributed by atoms with Gasteiger partial charge in [0.15, 0.2) is 0 Å². The molecule has 1 N–H and O–H groups in total. The van der Waals surface area contributed by atoms with Gasteiger partial charge in [0, 0.05) is 5.69 Å². The Morgan fingerprint density at radius 2 is 2.12 bits per heavy atom. The van der Waals surface area contributed by atoms with Crippen molar-refractivity contribution in [2.45, 2.75) is 26.4 Å². The van der Waals surface area contributed by atoms with Gasteiger partial charge in [0.2, 0.25) is 0 Å². The number of aliphatic hydroxyl groups is 1. The Labute approximate surface area is 102 Å². The van der Waals surface area contributed by atoms with E-state index < -0.39 is 5.60 Å². The van der Waals surface area contributed by atoms with Crippen LogP contribution in [0.25, 0.3) is 0 Å². The van der Waals surface area contributed by atoms with Crippen molar-refractivity contribution in [3.63, 3.8) is 0 Å². The Morgan fingerprint density at radius 1 is 1.47 bits per heavy atom. The largest absolute Gasteiger partial charge is 0.386 e. The number of aryl methyl sites for hydroxylation is 1. The number of β-amino-alcohol motifs (C(OH)–C–C–N with tert-alkyl or cyclic N) is 1. The summed E-state index contributed by atoms with van der Waals surface area (Å²) in [6.45, 7) is 7.02. The maximum atomic E-state index is 10.2. The molecular weight excluding hydrogens is 214 g/mol. The minimum Gasteiger partial charge on any atom is -0.386 e. The maximum absolute atomic E-state index is 10.2. The van der Waals surface area contributed by atoms with Gasteiger partial charge in [-0.15, -0.1) is 0 Å². The van der Waals surface area contributed by atoms with Crippen molar-refractivity contribution in [3.05, 3.63) is 23.4 Å². The Bertz CT molecular complexity index is 470. The Balaban J connectivity index is 2.22. The minimum absolute atomic E-state index is 0.217. The average molecular weight is 231 g/mol. The lowest BCUT2D eigenvalue weighted by molar-refractivity contribution is -0.0304. The molecular formula is C13H17N3O. The highest BCUT2D eigenvalue weighted by Gasteiger charge is 2.44. The second kappa shape index (κ2) is 4.01. The first-order valence-corrected chi connectivity index (χ1v) is 5.81. The number of nitriles is 1. The van der Waals surface area contributed by atoms with Gasteiger partial charge in [-0.1, -0.05) is 13.8 Å². The Kier molecular flexibility index (Phi) is 2.80. The molecule has 4 heteroatoms. The van der Waals surface area contributed by atoms with Crippen LogP contribution in [0.5, 0.6) is 0 Å². The second-order valence-corrected chi connectivity index (χ2v) is 5.05. The fourth-order valence-corrected chi connectivity index (χ4v) is 2.00. The molecule has 0 aromatic carbocycles. The van der Waals surface area contributed by atoms with Crippen LogP contribution in [0.3, 0.4) is 0 Å². The first kappa shape index (κ1) is 11.9. The monoisotopic (exact) mass is 231 g/mol. The van der Waals surface area contributed by atoms with Crippen LogP contribution in [0, 0.1) is 24.2 Å². The van der Waals surface area contributed by atoms with E-state index in [9.17, 15) is 5.11 Å². The van der Waals surface area contributed by atoms with E-state index in [-0.39, 0.29) is 5.92 Å². The van der Waals surface area contributed by atoms with E-state index in [1.165, 1.54) is 0 Å². The SMILES string of the molecule is Cc1ccc(C#N)c(N2CC(O)(C(C)C)C2)n1. The molecule has 4 nitrogen and oxygen atoms in total. The predicted molar refractivity (Wildman–Crippen MR) is 65.7 cm³/mol. The van der Waals surface area contributed by atoms with Crippen molar-refractivity contribution in [2.24, 2.45) is 5.92 Å². The van der Waals surface area contributed by atoms with Crippen molar-refractivity contribution < 1.29 is 5.11 Å². The van der Waals surface area contributed by atoms with Gasteiger partial charge in [-0.2, -0.15) is 5.26 Å². The number of pyridine rings is 1. The molecule has 17 heavy (non-hydrogen) atoms. The number of anilines is 1. The van der Waals surface area contributed by atoms with Crippen LogP contribution in [0.2, 0.25) is 0 Å². The molecule has 1 fully saturated rings. The second-order valence-electron chi connectivity index (χ2n) is 5.05. The van der Waals surface area contributed by atoms with Gasteiger partial charge in [-0.25, -0.2) is 4.98 Å². The molecule has 0 bridgehead atoms. The average Bonchev–Trinajstić information content (AvgIpc) is 2.24. The van der Waals surface area contributed by atoms with E-state index in [4.69, 9.17) is 5.26 Å². The quantitative estimate of drug-likeness (QED) is 0.837. The lowest BCUT2D eigenvalue weighted by Gasteiger charge is -2.49. The first-order valence-electron chi connectivity index (χ1n) is 5.81. The van der Waals surface area contributed by atoms with Gasteiger partial charge in [0.25, 0.3) is 0 Å². The third-order valence-corrected chi connectivity index (χ3v) is 3.44. The van der Waals surface area contributed by atoms with Crippen LogP contribution in [0.1, 0.15) is 25.1 Å². The van der Waals surface area contributed by atoms with Gasteiger partial charge >= 0.3 is 0 Å².